The minimum atomic E-state index is -3.90. The summed E-state index contributed by atoms with van der Waals surface area (Å²) in [7, 11) is -3.90. The normalized spacial score (nSPS) is 34.6. The molecule has 0 spiro atoms. The van der Waals surface area contributed by atoms with Gasteiger partial charge in [-0.2, -0.15) is 0 Å². The highest BCUT2D eigenvalue weighted by Gasteiger charge is 2.63. The molecule has 2 heterocycles. The average Bonchev–Trinajstić information content (AvgIpc) is 3.71. The number of rotatable bonds is 4. The summed E-state index contributed by atoms with van der Waals surface area (Å²) in [5, 5.41) is 5.60. The van der Waals surface area contributed by atoms with Crippen LogP contribution in [0.1, 0.15) is 86.5 Å². The van der Waals surface area contributed by atoms with Gasteiger partial charge in [-0.25, -0.2) is 13.2 Å². The van der Waals surface area contributed by atoms with Crippen molar-refractivity contribution in [3.63, 3.8) is 0 Å². The summed E-state index contributed by atoms with van der Waals surface area (Å²) < 4.78 is 32.4. The van der Waals surface area contributed by atoms with Crippen LogP contribution in [0, 0.1) is 24.2 Å². The molecule has 229 valence electrons. The van der Waals surface area contributed by atoms with Crippen molar-refractivity contribution in [2.75, 3.05) is 6.54 Å². The standard InChI is InChI=1S/C29H45N4O7S/c1-18-10-7-8-11-20-17-29(20,25(36)32-41(38,39)28(6)13-14-28)31-23(34)21-12-9-15-33(21)24(35)22(19(2)16-18)30-26(37)40-27(3,4)5/h8-9,11,18-22H,7,10,12-17H2,1-6H3,(H,30,37)(H,31,34)(H,32,36)/b11-8-/t18?,19-,20-,21+,22+,29-/m1/s1. The van der Waals surface area contributed by atoms with Crippen LogP contribution >= 0.6 is 0 Å². The van der Waals surface area contributed by atoms with Gasteiger partial charge >= 0.3 is 6.09 Å². The molecular formula is C29H45N4O7S. The summed E-state index contributed by atoms with van der Waals surface area (Å²) in [6.07, 6.45) is 8.67. The minimum absolute atomic E-state index is 0.209. The molecule has 1 unspecified atom stereocenters. The van der Waals surface area contributed by atoms with Crippen LogP contribution in [0.5, 0.6) is 0 Å². The van der Waals surface area contributed by atoms with E-state index in [9.17, 15) is 27.6 Å². The van der Waals surface area contributed by atoms with Gasteiger partial charge in [0, 0.05) is 12.5 Å². The first kappa shape index (κ1) is 31.3. The summed E-state index contributed by atoms with van der Waals surface area (Å²) in [4.78, 5) is 55.2. The molecule has 0 bridgehead atoms. The molecule has 2 aliphatic carbocycles. The number of carbonyl (C=O) groups excluding carboxylic acids is 4. The van der Waals surface area contributed by atoms with Gasteiger partial charge in [-0.05, 0) is 90.9 Å². The second kappa shape index (κ2) is 11.2. The summed E-state index contributed by atoms with van der Waals surface area (Å²) in [6.45, 7) is 11.0. The highest BCUT2D eigenvalue weighted by Crippen LogP contribution is 2.47. The van der Waals surface area contributed by atoms with Crippen LogP contribution in [-0.2, 0) is 29.1 Å². The summed E-state index contributed by atoms with van der Waals surface area (Å²) in [5.41, 5.74) is -2.16. The highest BCUT2D eigenvalue weighted by atomic mass is 32.2. The molecule has 0 aromatic rings. The minimum Gasteiger partial charge on any atom is -0.444 e. The number of amides is 4. The SMILES string of the molecule is CC1CC/C=C\[C@@H]2C[C@@]2(C(=O)NS(=O)(=O)C2(C)CC2)NC(=O)[C@@H]2C[CH]CN2C(=O)[C@@H](NC(=O)OC(C)(C)C)[C@H](C)C1. The Bertz CT molecular complexity index is 1210. The van der Waals surface area contributed by atoms with Gasteiger partial charge in [-0.1, -0.05) is 26.0 Å². The van der Waals surface area contributed by atoms with E-state index >= 15 is 0 Å². The fourth-order valence-electron chi connectivity index (χ4n) is 5.77. The number of ether oxygens (including phenoxy) is 1. The lowest BCUT2D eigenvalue weighted by atomic mass is 9.88. The lowest BCUT2D eigenvalue weighted by Crippen LogP contribution is -2.59. The third-order valence-corrected chi connectivity index (χ3v) is 10.9. The number of fused-ring (bicyclic) bond motifs is 2. The van der Waals surface area contributed by atoms with Crippen LogP contribution in [0.2, 0.25) is 0 Å². The Morgan fingerprint density at radius 3 is 2.49 bits per heavy atom. The molecule has 0 aromatic heterocycles. The maximum Gasteiger partial charge on any atom is 0.408 e. The van der Waals surface area contributed by atoms with E-state index in [0.717, 1.165) is 6.42 Å². The topological polar surface area (TPSA) is 151 Å². The Hall–Kier alpha value is -2.63. The number of hydrogen-bond donors (Lipinski definition) is 3. The van der Waals surface area contributed by atoms with Crippen LogP contribution in [0.4, 0.5) is 4.79 Å². The summed E-state index contributed by atoms with van der Waals surface area (Å²) in [5.74, 6) is -2.03. The predicted octanol–water partition coefficient (Wildman–Crippen LogP) is 2.57. The third-order valence-electron chi connectivity index (χ3n) is 8.75. The van der Waals surface area contributed by atoms with Crippen LogP contribution in [0.3, 0.4) is 0 Å². The second-order valence-corrected chi connectivity index (χ2v) is 15.8. The summed E-state index contributed by atoms with van der Waals surface area (Å²) in [6, 6.07) is -1.81. The van der Waals surface area contributed by atoms with Gasteiger partial charge in [0.25, 0.3) is 5.91 Å². The van der Waals surface area contributed by atoms with Crippen LogP contribution in [0.15, 0.2) is 12.2 Å². The molecule has 2 saturated carbocycles. The lowest BCUT2D eigenvalue weighted by Gasteiger charge is -2.33. The Kier molecular flexibility index (Phi) is 8.57. The van der Waals surface area contributed by atoms with E-state index in [0.29, 0.717) is 25.7 Å². The molecule has 11 nitrogen and oxygen atoms in total. The third kappa shape index (κ3) is 6.89. The van der Waals surface area contributed by atoms with E-state index in [4.69, 9.17) is 4.74 Å². The number of alkyl carbamates (subject to hydrolysis) is 1. The smallest absolute Gasteiger partial charge is 0.408 e. The van der Waals surface area contributed by atoms with Gasteiger partial charge in [-0.15, -0.1) is 0 Å². The van der Waals surface area contributed by atoms with Crippen molar-refractivity contribution >= 4 is 33.8 Å². The van der Waals surface area contributed by atoms with Gasteiger partial charge < -0.3 is 20.3 Å². The fraction of sp³-hybridized carbons (Fsp3) is 0.759. The van der Waals surface area contributed by atoms with Crippen LogP contribution in [0.25, 0.3) is 0 Å². The molecule has 0 aromatic carbocycles. The van der Waals surface area contributed by atoms with E-state index in [2.05, 4.69) is 22.3 Å². The fourth-order valence-corrected chi connectivity index (χ4v) is 7.09. The summed E-state index contributed by atoms with van der Waals surface area (Å²) >= 11 is 0. The van der Waals surface area contributed by atoms with Crippen LogP contribution < -0.4 is 15.4 Å². The molecule has 4 rings (SSSR count). The molecule has 12 heteroatoms. The zero-order valence-electron chi connectivity index (χ0n) is 25.0. The molecule has 3 fully saturated rings. The quantitative estimate of drug-likeness (QED) is 0.424. The maximum atomic E-state index is 13.9. The maximum absolute atomic E-state index is 13.9. The number of nitrogens with one attached hydrogen (secondary N) is 3. The predicted molar refractivity (Wildman–Crippen MR) is 153 cm³/mol. The Labute approximate surface area is 243 Å². The van der Waals surface area contributed by atoms with Crippen molar-refractivity contribution in [1.29, 1.82) is 0 Å². The molecule has 6 atom stereocenters. The van der Waals surface area contributed by atoms with Gasteiger partial charge in [0.05, 0.1) is 4.75 Å². The molecule has 4 amide bonds. The molecule has 1 saturated heterocycles. The largest absolute Gasteiger partial charge is 0.444 e. The van der Waals surface area contributed by atoms with E-state index < -0.39 is 61.8 Å². The average molecular weight is 594 g/mol. The van der Waals surface area contributed by atoms with Crippen molar-refractivity contribution in [3.8, 4) is 0 Å². The first-order chi connectivity index (χ1) is 19.0. The van der Waals surface area contributed by atoms with E-state index in [1.165, 1.54) is 4.90 Å². The molecule has 1 radical (unpaired) electrons. The highest BCUT2D eigenvalue weighted by molar-refractivity contribution is 7.91. The monoisotopic (exact) mass is 593 g/mol. The van der Waals surface area contributed by atoms with Gasteiger partial charge in [-0.3, -0.25) is 19.1 Å². The zero-order chi connectivity index (χ0) is 30.4. The first-order valence-electron chi connectivity index (χ1n) is 14.7. The lowest BCUT2D eigenvalue weighted by molar-refractivity contribution is -0.142. The first-order valence-corrected chi connectivity index (χ1v) is 16.1. The number of allylic oxidation sites excluding steroid dienone is 1. The molecule has 3 N–H and O–H groups in total. The molecular weight excluding hydrogens is 548 g/mol. The van der Waals surface area contributed by atoms with Gasteiger partial charge in [0.2, 0.25) is 21.8 Å². The van der Waals surface area contributed by atoms with Crippen molar-refractivity contribution in [2.24, 2.45) is 17.8 Å². The number of sulfonamides is 1. The molecule has 2 aliphatic heterocycles. The van der Waals surface area contributed by atoms with E-state index in [1.54, 1.807) is 27.7 Å². The Balaban J connectivity index is 1.60. The van der Waals surface area contributed by atoms with E-state index in [-0.39, 0.29) is 37.1 Å². The Morgan fingerprint density at radius 1 is 1.17 bits per heavy atom. The van der Waals surface area contributed by atoms with Crippen molar-refractivity contribution in [3.05, 3.63) is 18.6 Å². The van der Waals surface area contributed by atoms with Gasteiger partial charge in [0.15, 0.2) is 0 Å². The van der Waals surface area contributed by atoms with Crippen molar-refractivity contribution < 1.29 is 32.3 Å². The molecule has 41 heavy (non-hydrogen) atoms. The molecule has 4 aliphatic rings. The number of hydrogen-bond acceptors (Lipinski definition) is 7. The second-order valence-electron chi connectivity index (χ2n) is 13.6. The zero-order valence-corrected chi connectivity index (χ0v) is 25.8. The van der Waals surface area contributed by atoms with E-state index in [1.807, 2.05) is 25.5 Å². The number of nitrogens with zero attached hydrogens (tertiary/aromatic N) is 1. The van der Waals surface area contributed by atoms with Crippen molar-refractivity contribution in [2.45, 2.75) is 114 Å². The Morgan fingerprint density at radius 2 is 1.85 bits per heavy atom. The van der Waals surface area contributed by atoms with Crippen LogP contribution in [-0.4, -0.2) is 71.6 Å². The number of carbonyl (C=O) groups is 4. The van der Waals surface area contributed by atoms with Gasteiger partial charge in [0.1, 0.15) is 23.2 Å². The van der Waals surface area contributed by atoms with Crippen molar-refractivity contribution in [1.82, 2.24) is 20.3 Å².